The molecule has 9 rings (SSSR count). The summed E-state index contributed by atoms with van der Waals surface area (Å²) in [6, 6.07) is 60.6. The first-order valence-electron chi connectivity index (χ1n) is 16.9. The molecule has 0 atom stereocenters. The maximum absolute atomic E-state index is 5.07. The van der Waals surface area contributed by atoms with Crippen molar-refractivity contribution in [1.82, 2.24) is 9.97 Å². The molecule has 2 heteroatoms. The van der Waals surface area contributed by atoms with Crippen molar-refractivity contribution in [3.05, 3.63) is 181 Å². The van der Waals surface area contributed by atoms with Crippen LogP contribution >= 0.6 is 0 Å². The van der Waals surface area contributed by atoms with Gasteiger partial charge in [0.15, 0.2) is 5.82 Å². The molecule has 0 N–H and O–H groups in total. The van der Waals surface area contributed by atoms with Gasteiger partial charge in [-0.3, -0.25) is 0 Å². The molecular weight excluding hydrogens is 593 g/mol. The van der Waals surface area contributed by atoms with Crippen molar-refractivity contribution in [2.75, 3.05) is 0 Å². The lowest BCUT2D eigenvalue weighted by Gasteiger charge is -2.23. The van der Waals surface area contributed by atoms with Gasteiger partial charge in [-0.25, -0.2) is 9.97 Å². The summed E-state index contributed by atoms with van der Waals surface area (Å²) in [5.74, 6) is 0.714. The Morgan fingerprint density at radius 1 is 0.388 bits per heavy atom. The van der Waals surface area contributed by atoms with Crippen LogP contribution in [0.3, 0.4) is 0 Å². The van der Waals surface area contributed by atoms with Gasteiger partial charge in [0.1, 0.15) is 0 Å². The second-order valence-corrected chi connectivity index (χ2v) is 13.5. The Morgan fingerprint density at radius 2 is 0.898 bits per heavy atom. The normalized spacial score (nSPS) is 12.9. The van der Waals surface area contributed by atoms with E-state index in [0.29, 0.717) is 5.82 Å². The van der Waals surface area contributed by atoms with Gasteiger partial charge in [0.2, 0.25) is 0 Å². The molecule has 0 radical (unpaired) electrons. The fraction of sp³-hybridized carbons (Fsp3) is 0.0638. The minimum Gasteiger partial charge on any atom is -0.228 e. The van der Waals surface area contributed by atoms with Gasteiger partial charge in [-0.1, -0.05) is 159 Å². The van der Waals surface area contributed by atoms with Crippen LogP contribution in [0, 0.1) is 0 Å². The van der Waals surface area contributed by atoms with E-state index >= 15 is 0 Å². The van der Waals surface area contributed by atoms with E-state index in [2.05, 4.69) is 172 Å². The topological polar surface area (TPSA) is 25.8 Å². The van der Waals surface area contributed by atoms with E-state index in [-0.39, 0.29) is 5.41 Å². The lowest BCUT2D eigenvalue weighted by Crippen LogP contribution is -2.15. The maximum Gasteiger partial charge on any atom is 0.160 e. The quantitative estimate of drug-likeness (QED) is 0.190. The van der Waals surface area contributed by atoms with Crippen molar-refractivity contribution in [2.24, 2.45) is 0 Å². The van der Waals surface area contributed by atoms with E-state index in [1.807, 2.05) is 12.1 Å². The van der Waals surface area contributed by atoms with Crippen LogP contribution in [0.5, 0.6) is 0 Å². The highest BCUT2D eigenvalue weighted by molar-refractivity contribution is 5.98. The Morgan fingerprint density at radius 3 is 1.55 bits per heavy atom. The molecule has 0 amide bonds. The van der Waals surface area contributed by atoms with Gasteiger partial charge >= 0.3 is 0 Å². The Balaban J connectivity index is 1.10. The molecule has 2 nitrogen and oxygen atoms in total. The van der Waals surface area contributed by atoms with Gasteiger partial charge in [-0.2, -0.15) is 0 Å². The Kier molecular flexibility index (Phi) is 6.84. The Hall–Kier alpha value is -6.12. The smallest absolute Gasteiger partial charge is 0.160 e. The number of aromatic nitrogens is 2. The summed E-state index contributed by atoms with van der Waals surface area (Å²) in [5, 5.41) is 2.64. The molecule has 0 aliphatic heterocycles. The molecule has 0 saturated carbocycles. The van der Waals surface area contributed by atoms with E-state index in [1.54, 1.807) is 0 Å². The summed E-state index contributed by atoms with van der Waals surface area (Å²) in [4.78, 5) is 10.1. The minimum absolute atomic E-state index is 0.0969. The molecule has 1 aliphatic carbocycles. The van der Waals surface area contributed by atoms with E-state index < -0.39 is 0 Å². The highest BCUT2D eigenvalue weighted by atomic mass is 14.9. The molecule has 1 aliphatic rings. The van der Waals surface area contributed by atoms with Gasteiger partial charge < -0.3 is 0 Å². The molecule has 8 aromatic rings. The summed E-state index contributed by atoms with van der Waals surface area (Å²) in [6.45, 7) is 4.74. The van der Waals surface area contributed by atoms with Gasteiger partial charge in [0, 0.05) is 22.1 Å². The molecule has 1 heterocycles. The van der Waals surface area contributed by atoms with Crippen molar-refractivity contribution < 1.29 is 0 Å². The van der Waals surface area contributed by atoms with Crippen molar-refractivity contribution in [3.8, 4) is 67.3 Å². The van der Waals surface area contributed by atoms with Crippen molar-refractivity contribution >= 4 is 10.8 Å². The molecule has 0 unspecified atom stereocenters. The predicted octanol–water partition coefficient (Wildman–Crippen LogP) is 12.3. The first-order chi connectivity index (χ1) is 24.0. The summed E-state index contributed by atoms with van der Waals surface area (Å²) in [6.07, 6.45) is 0. The molecule has 0 spiro atoms. The second kappa shape index (κ2) is 11.5. The van der Waals surface area contributed by atoms with E-state index in [1.165, 1.54) is 44.2 Å². The molecule has 232 valence electrons. The number of hydrogen-bond acceptors (Lipinski definition) is 2. The lowest BCUT2D eigenvalue weighted by molar-refractivity contribution is 0.666. The number of fused-ring (bicyclic) bond motifs is 5. The lowest BCUT2D eigenvalue weighted by atomic mass is 9.79. The van der Waals surface area contributed by atoms with Crippen LogP contribution in [0.1, 0.15) is 25.0 Å². The summed E-state index contributed by atoms with van der Waals surface area (Å²) >= 11 is 0. The van der Waals surface area contributed by atoms with Crippen LogP contribution in [-0.4, -0.2) is 9.97 Å². The largest absolute Gasteiger partial charge is 0.228 e. The first-order valence-corrected chi connectivity index (χ1v) is 16.9. The van der Waals surface area contributed by atoms with Crippen LogP contribution < -0.4 is 0 Å². The third-order valence-corrected chi connectivity index (χ3v) is 10.1. The monoisotopic (exact) mass is 626 g/mol. The van der Waals surface area contributed by atoms with Crippen LogP contribution in [-0.2, 0) is 5.41 Å². The van der Waals surface area contributed by atoms with Gasteiger partial charge in [0.05, 0.1) is 11.4 Å². The minimum atomic E-state index is -0.0969. The zero-order chi connectivity index (χ0) is 33.0. The molecule has 7 aromatic carbocycles. The van der Waals surface area contributed by atoms with Gasteiger partial charge in [-0.15, -0.1) is 0 Å². The van der Waals surface area contributed by atoms with Gasteiger partial charge in [0.25, 0.3) is 0 Å². The fourth-order valence-electron chi connectivity index (χ4n) is 7.59. The summed E-state index contributed by atoms with van der Waals surface area (Å²) in [7, 11) is 0. The fourth-order valence-corrected chi connectivity index (χ4v) is 7.59. The number of hydrogen-bond donors (Lipinski definition) is 0. The van der Waals surface area contributed by atoms with Crippen LogP contribution in [0.25, 0.3) is 78.1 Å². The van der Waals surface area contributed by atoms with E-state index in [9.17, 15) is 0 Å². The standard InChI is InChI=1S/C47H34N2/c1-47(2)42-29-37(24-25-40(42)41-26-23-31-13-9-10-22-39(31)45(41)47)35-19-11-18-34(27-35)36-20-12-21-38(28-36)46-48-43(32-14-5-3-6-15-32)30-44(49-46)33-16-7-4-8-17-33/h3-30H,1-2H3. The predicted molar refractivity (Wildman–Crippen MR) is 204 cm³/mol. The average Bonchev–Trinajstić information content (AvgIpc) is 3.41. The number of benzene rings is 7. The Bertz CT molecular complexity index is 2450. The molecule has 0 saturated heterocycles. The van der Waals surface area contributed by atoms with Crippen LogP contribution in [0.2, 0.25) is 0 Å². The maximum atomic E-state index is 5.07. The summed E-state index contributed by atoms with van der Waals surface area (Å²) < 4.78 is 0. The zero-order valence-corrected chi connectivity index (χ0v) is 27.6. The molecule has 49 heavy (non-hydrogen) atoms. The number of nitrogens with zero attached hydrogens (tertiary/aromatic N) is 2. The van der Waals surface area contributed by atoms with Crippen LogP contribution in [0.15, 0.2) is 170 Å². The molecule has 0 bridgehead atoms. The Labute approximate surface area is 287 Å². The first kappa shape index (κ1) is 29.1. The van der Waals surface area contributed by atoms with E-state index in [4.69, 9.17) is 9.97 Å². The van der Waals surface area contributed by atoms with Crippen molar-refractivity contribution in [3.63, 3.8) is 0 Å². The zero-order valence-electron chi connectivity index (χ0n) is 27.6. The van der Waals surface area contributed by atoms with Crippen molar-refractivity contribution in [2.45, 2.75) is 19.3 Å². The molecular formula is C47H34N2. The summed E-state index contributed by atoms with van der Waals surface area (Å²) in [5.41, 5.74) is 15.1. The number of rotatable bonds is 5. The highest BCUT2D eigenvalue weighted by Crippen LogP contribution is 2.52. The second-order valence-electron chi connectivity index (χ2n) is 13.5. The third kappa shape index (κ3) is 5.05. The molecule has 1 aromatic heterocycles. The molecule has 0 fully saturated rings. The SMILES string of the molecule is CC1(C)c2cc(-c3cccc(-c4cccc(-c5nc(-c6ccccc6)cc(-c6ccccc6)n5)c4)c3)ccc2-c2ccc3ccccc3c21. The third-order valence-electron chi connectivity index (χ3n) is 10.1. The van der Waals surface area contributed by atoms with Gasteiger partial charge in [-0.05, 0) is 79.5 Å². The average molecular weight is 627 g/mol. The van der Waals surface area contributed by atoms with Crippen LogP contribution in [0.4, 0.5) is 0 Å². The van der Waals surface area contributed by atoms with Crippen molar-refractivity contribution in [1.29, 1.82) is 0 Å². The van der Waals surface area contributed by atoms with E-state index in [0.717, 1.165) is 39.2 Å². The highest BCUT2D eigenvalue weighted by Gasteiger charge is 2.37.